The lowest BCUT2D eigenvalue weighted by Gasteiger charge is -2.08. The van der Waals surface area contributed by atoms with Gasteiger partial charge in [0.05, 0.1) is 16.8 Å². The van der Waals surface area contributed by atoms with Crippen molar-refractivity contribution < 1.29 is 4.39 Å². The monoisotopic (exact) mass is 344 g/mol. The SMILES string of the molecule is Fc1ccccc1-c1nc2ccn(Cn3nnc4ccccc43)cc-2n1. The first kappa shape index (κ1) is 14.7. The molecule has 0 saturated heterocycles. The van der Waals surface area contributed by atoms with Crippen molar-refractivity contribution in [1.82, 2.24) is 29.5 Å². The first-order chi connectivity index (χ1) is 12.8. The largest absolute Gasteiger partial charge is 0.332 e. The van der Waals surface area contributed by atoms with Crippen molar-refractivity contribution in [1.29, 1.82) is 0 Å². The van der Waals surface area contributed by atoms with Crippen LogP contribution in [-0.4, -0.2) is 29.5 Å². The van der Waals surface area contributed by atoms with Crippen molar-refractivity contribution in [3.63, 3.8) is 0 Å². The van der Waals surface area contributed by atoms with Crippen molar-refractivity contribution in [2.75, 3.05) is 0 Å². The van der Waals surface area contributed by atoms with Crippen LogP contribution >= 0.6 is 0 Å². The van der Waals surface area contributed by atoms with E-state index in [0.29, 0.717) is 23.8 Å². The van der Waals surface area contributed by atoms with E-state index in [1.165, 1.54) is 6.07 Å². The van der Waals surface area contributed by atoms with Gasteiger partial charge in [-0.1, -0.05) is 29.5 Å². The summed E-state index contributed by atoms with van der Waals surface area (Å²) in [6, 6.07) is 16.2. The van der Waals surface area contributed by atoms with Crippen LogP contribution in [0.3, 0.4) is 0 Å². The summed E-state index contributed by atoms with van der Waals surface area (Å²) in [5.74, 6) is 0.0619. The lowest BCUT2D eigenvalue weighted by Crippen LogP contribution is -2.09. The maximum atomic E-state index is 14.0. The zero-order valence-electron chi connectivity index (χ0n) is 13.6. The van der Waals surface area contributed by atoms with Gasteiger partial charge in [0.1, 0.15) is 23.7 Å². The first-order valence-electron chi connectivity index (χ1n) is 8.14. The van der Waals surface area contributed by atoms with E-state index < -0.39 is 0 Å². The lowest BCUT2D eigenvalue weighted by atomic mass is 10.2. The summed E-state index contributed by atoms with van der Waals surface area (Å²) in [7, 11) is 0. The molecule has 0 atom stereocenters. The van der Waals surface area contributed by atoms with Gasteiger partial charge in [0.15, 0.2) is 5.82 Å². The Morgan fingerprint density at radius 3 is 2.62 bits per heavy atom. The minimum absolute atomic E-state index is 0.329. The number of para-hydroxylation sites is 1. The molecule has 6 nitrogen and oxygen atoms in total. The van der Waals surface area contributed by atoms with E-state index in [4.69, 9.17) is 0 Å². The summed E-state index contributed by atoms with van der Waals surface area (Å²) in [6.07, 6.45) is 3.78. The highest BCUT2D eigenvalue weighted by molar-refractivity contribution is 5.73. The van der Waals surface area contributed by atoms with Crippen LogP contribution in [0.15, 0.2) is 67.0 Å². The topological polar surface area (TPSA) is 61.4 Å². The minimum Gasteiger partial charge on any atom is -0.332 e. The third kappa shape index (κ3) is 2.41. The number of rotatable bonds is 3. The number of imidazole rings is 1. The van der Waals surface area contributed by atoms with Crippen molar-refractivity contribution in [3.05, 3.63) is 72.8 Å². The summed E-state index contributed by atoms with van der Waals surface area (Å²) in [5.41, 5.74) is 3.64. The second-order valence-electron chi connectivity index (χ2n) is 5.98. The van der Waals surface area contributed by atoms with Crippen LogP contribution in [0.25, 0.3) is 33.8 Å². The van der Waals surface area contributed by atoms with E-state index in [0.717, 1.165) is 16.7 Å². The Morgan fingerprint density at radius 1 is 0.885 bits per heavy atom. The van der Waals surface area contributed by atoms with Crippen LogP contribution in [0.5, 0.6) is 0 Å². The first-order valence-corrected chi connectivity index (χ1v) is 8.14. The number of aromatic nitrogens is 6. The summed E-state index contributed by atoms with van der Waals surface area (Å²) in [5, 5.41) is 8.36. The third-order valence-electron chi connectivity index (χ3n) is 4.26. The Labute approximate surface area is 147 Å². The van der Waals surface area contributed by atoms with Gasteiger partial charge in [-0.2, -0.15) is 0 Å². The Balaban J connectivity index is 1.52. The minimum atomic E-state index is -0.329. The molecular weight excluding hydrogens is 331 g/mol. The molecule has 7 heteroatoms. The van der Waals surface area contributed by atoms with E-state index >= 15 is 0 Å². The lowest BCUT2D eigenvalue weighted by molar-refractivity contribution is 0.543. The third-order valence-corrected chi connectivity index (χ3v) is 4.26. The second kappa shape index (κ2) is 5.73. The Hall–Kier alpha value is -3.61. The van der Waals surface area contributed by atoms with Crippen LogP contribution < -0.4 is 0 Å². The van der Waals surface area contributed by atoms with Crippen molar-refractivity contribution >= 4 is 11.0 Å². The number of halogens is 1. The predicted molar refractivity (Wildman–Crippen MR) is 95.0 cm³/mol. The molecule has 5 rings (SSSR count). The molecule has 0 amide bonds. The van der Waals surface area contributed by atoms with Crippen LogP contribution in [-0.2, 0) is 6.67 Å². The van der Waals surface area contributed by atoms with Crippen LogP contribution in [0.4, 0.5) is 4.39 Å². The Kier molecular flexibility index (Phi) is 3.24. The molecule has 3 aromatic rings. The maximum absolute atomic E-state index is 14.0. The van der Waals surface area contributed by atoms with Gasteiger partial charge in [0.25, 0.3) is 0 Å². The number of nitrogens with zero attached hydrogens (tertiary/aromatic N) is 6. The van der Waals surface area contributed by atoms with Crippen LogP contribution in [0.2, 0.25) is 0 Å². The average Bonchev–Trinajstić information content (AvgIpc) is 3.26. The van der Waals surface area contributed by atoms with Crippen molar-refractivity contribution in [2.24, 2.45) is 0 Å². The molecule has 0 radical (unpaired) electrons. The number of benzene rings is 2. The quantitative estimate of drug-likeness (QED) is 0.503. The van der Waals surface area contributed by atoms with Crippen molar-refractivity contribution in [2.45, 2.75) is 6.67 Å². The molecule has 0 fully saturated rings. The molecule has 0 saturated carbocycles. The van der Waals surface area contributed by atoms with Gasteiger partial charge in [-0.3, -0.25) is 0 Å². The molecule has 2 aliphatic heterocycles. The van der Waals surface area contributed by atoms with Gasteiger partial charge in [-0.15, -0.1) is 5.10 Å². The van der Waals surface area contributed by atoms with Gasteiger partial charge in [-0.25, -0.2) is 19.0 Å². The summed E-state index contributed by atoms with van der Waals surface area (Å²) in [6.45, 7) is 0.498. The van der Waals surface area contributed by atoms with E-state index in [1.807, 2.05) is 52.0 Å². The smallest absolute Gasteiger partial charge is 0.163 e. The Bertz CT molecular complexity index is 1190. The second-order valence-corrected chi connectivity index (χ2v) is 5.98. The highest BCUT2D eigenvalue weighted by Crippen LogP contribution is 2.26. The van der Waals surface area contributed by atoms with Crippen molar-refractivity contribution in [3.8, 4) is 22.8 Å². The number of hydrogen-bond donors (Lipinski definition) is 0. The molecular formula is C19H13FN6. The molecule has 0 aliphatic carbocycles. The Morgan fingerprint density at radius 2 is 1.69 bits per heavy atom. The predicted octanol–water partition coefficient (Wildman–Crippen LogP) is 3.44. The highest BCUT2D eigenvalue weighted by Gasteiger charge is 2.15. The van der Waals surface area contributed by atoms with Gasteiger partial charge < -0.3 is 4.57 Å². The fourth-order valence-electron chi connectivity index (χ4n) is 2.98. The normalized spacial score (nSPS) is 11.4. The van der Waals surface area contributed by atoms with Gasteiger partial charge in [0.2, 0.25) is 0 Å². The fourth-order valence-corrected chi connectivity index (χ4v) is 2.98. The standard InChI is InChI=1S/C19H13FN6/c20-14-6-2-1-5-13(14)19-21-15-9-10-25(11-17(15)22-19)12-26-18-8-4-3-7-16(18)23-24-26/h1-11H,12H2. The molecule has 0 bridgehead atoms. The highest BCUT2D eigenvalue weighted by atomic mass is 19.1. The number of hydrogen-bond acceptors (Lipinski definition) is 4. The van der Waals surface area contributed by atoms with E-state index in [-0.39, 0.29) is 5.82 Å². The maximum Gasteiger partial charge on any atom is 0.163 e. The van der Waals surface area contributed by atoms with E-state index in [9.17, 15) is 4.39 Å². The molecule has 2 aliphatic rings. The molecule has 0 spiro atoms. The molecule has 0 unspecified atom stereocenters. The average molecular weight is 344 g/mol. The zero-order valence-corrected chi connectivity index (χ0v) is 13.6. The summed E-state index contributed by atoms with van der Waals surface area (Å²) in [4.78, 5) is 8.91. The number of pyridine rings is 1. The summed E-state index contributed by atoms with van der Waals surface area (Å²) < 4.78 is 17.7. The molecule has 2 aromatic carbocycles. The van der Waals surface area contributed by atoms with Gasteiger partial charge in [-0.05, 0) is 30.3 Å². The number of fused-ring (bicyclic) bond motifs is 2. The molecule has 26 heavy (non-hydrogen) atoms. The van der Waals surface area contributed by atoms with Crippen LogP contribution in [0.1, 0.15) is 0 Å². The molecule has 1 aromatic heterocycles. The molecule has 0 N–H and O–H groups in total. The van der Waals surface area contributed by atoms with Crippen LogP contribution in [0, 0.1) is 5.82 Å². The zero-order chi connectivity index (χ0) is 17.5. The fraction of sp³-hybridized carbons (Fsp3) is 0.0526. The van der Waals surface area contributed by atoms with E-state index in [1.54, 1.807) is 18.2 Å². The molecule has 126 valence electrons. The molecule has 3 heterocycles. The summed E-state index contributed by atoms with van der Waals surface area (Å²) >= 11 is 0. The van der Waals surface area contributed by atoms with Gasteiger partial charge >= 0.3 is 0 Å². The van der Waals surface area contributed by atoms with E-state index in [2.05, 4.69) is 20.3 Å². The van der Waals surface area contributed by atoms with Gasteiger partial charge in [0, 0.05) is 12.4 Å².